The zero-order chi connectivity index (χ0) is 10.4. The summed E-state index contributed by atoms with van der Waals surface area (Å²) in [6, 6.07) is 8.75. The van der Waals surface area contributed by atoms with Gasteiger partial charge in [0, 0.05) is 18.3 Å². The topological polar surface area (TPSA) is 12.9 Å². The molecular formula is C14H13N. The van der Waals surface area contributed by atoms with Crippen LogP contribution in [0.2, 0.25) is 0 Å². The predicted molar refractivity (Wildman–Crippen MR) is 62.0 cm³/mol. The van der Waals surface area contributed by atoms with Crippen LogP contribution in [0.4, 0.5) is 0 Å². The van der Waals surface area contributed by atoms with Crippen LogP contribution < -0.4 is 0 Å². The van der Waals surface area contributed by atoms with Gasteiger partial charge in [-0.3, -0.25) is 4.98 Å². The Morgan fingerprint density at radius 1 is 1.13 bits per heavy atom. The van der Waals surface area contributed by atoms with E-state index in [0.29, 0.717) is 0 Å². The average molecular weight is 195 g/mol. The van der Waals surface area contributed by atoms with Crippen molar-refractivity contribution in [3.63, 3.8) is 0 Å². The first-order valence-electron chi connectivity index (χ1n) is 5.30. The molecule has 0 spiro atoms. The molecule has 1 heterocycles. The maximum atomic E-state index is 4.36. The molecule has 1 heteroatoms. The van der Waals surface area contributed by atoms with Crippen molar-refractivity contribution >= 4 is 0 Å². The summed E-state index contributed by atoms with van der Waals surface area (Å²) in [6.07, 6.45) is 3.06. The highest BCUT2D eigenvalue weighted by Gasteiger charge is 2.19. The van der Waals surface area contributed by atoms with E-state index in [2.05, 4.69) is 43.1 Å². The van der Waals surface area contributed by atoms with E-state index in [9.17, 15) is 0 Å². The van der Waals surface area contributed by atoms with Gasteiger partial charge in [0.15, 0.2) is 0 Å². The lowest BCUT2D eigenvalue weighted by Gasteiger charge is -2.05. The number of aromatic nitrogens is 1. The zero-order valence-electron chi connectivity index (χ0n) is 9.04. The highest BCUT2D eigenvalue weighted by Crippen LogP contribution is 2.38. The SMILES string of the molecule is Cc1cc2c(cn1)Cc1cccc(C)c1-2. The number of nitrogens with zero attached hydrogens (tertiary/aromatic N) is 1. The Labute approximate surface area is 89.8 Å². The summed E-state index contributed by atoms with van der Waals surface area (Å²) >= 11 is 0. The summed E-state index contributed by atoms with van der Waals surface area (Å²) in [5.74, 6) is 0. The third-order valence-electron chi connectivity index (χ3n) is 3.13. The van der Waals surface area contributed by atoms with Crippen molar-refractivity contribution in [2.45, 2.75) is 20.3 Å². The molecule has 0 fully saturated rings. The molecule has 1 aromatic heterocycles. The van der Waals surface area contributed by atoms with E-state index in [1.807, 2.05) is 6.20 Å². The lowest BCUT2D eigenvalue weighted by Crippen LogP contribution is -1.86. The van der Waals surface area contributed by atoms with Gasteiger partial charge in [-0.05, 0) is 47.7 Å². The Hall–Kier alpha value is -1.63. The van der Waals surface area contributed by atoms with E-state index in [-0.39, 0.29) is 0 Å². The molecule has 0 radical (unpaired) electrons. The van der Waals surface area contributed by atoms with Crippen molar-refractivity contribution in [2.24, 2.45) is 0 Å². The molecule has 0 aliphatic heterocycles. The van der Waals surface area contributed by atoms with Gasteiger partial charge in [0.05, 0.1) is 0 Å². The molecule has 0 saturated heterocycles. The third kappa shape index (κ3) is 1.19. The van der Waals surface area contributed by atoms with E-state index in [1.165, 1.54) is 27.8 Å². The summed E-state index contributed by atoms with van der Waals surface area (Å²) in [7, 11) is 0. The summed E-state index contributed by atoms with van der Waals surface area (Å²) in [6.45, 7) is 4.24. The van der Waals surface area contributed by atoms with Crippen LogP contribution in [-0.2, 0) is 6.42 Å². The fourth-order valence-electron chi connectivity index (χ4n) is 2.43. The summed E-state index contributed by atoms with van der Waals surface area (Å²) in [5.41, 5.74) is 8.10. The van der Waals surface area contributed by atoms with Crippen LogP contribution in [0, 0.1) is 13.8 Å². The Bertz CT molecular complexity index is 541. The van der Waals surface area contributed by atoms with Gasteiger partial charge in [0.1, 0.15) is 0 Å². The standard InChI is InChI=1S/C14H13N/c1-9-4-3-5-11-7-12-8-15-10(2)6-13(12)14(9)11/h3-6,8H,7H2,1-2H3. The second-order valence-electron chi connectivity index (χ2n) is 4.27. The molecule has 0 atom stereocenters. The van der Waals surface area contributed by atoms with Gasteiger partial charge in [-0.25, -0.2) is 0 Å². The minimum atomic E-state index is 1.04. The van der Waals surface area contributed by atoms with Gasteiger partial charge < -0.3 is 0 Å². The maximum absolute atomic E-state index is 4.36. The van der Waals surface area contributed by atoms with Gasteiger partial charge in [-0.1, -0.05) is 18.2 Å². The largest absolute Gasteiger partial charge is 0.261 e. The molecule has 3 rings (SSSR count). The molecule has 0 bridgehead atoms. The molecule has 15 heavy (non-hydrogen) atoms. The number of benzene rings is 1. The van der Waals surface area contributed by atoms with Gasteiger partial charge in [0.25, 0.3) is 0 Å². The van der Waals surface area contributed by atoms with Crippen LogP contribution >= 0.6 is 0 Å². The van der Waals surface area contributed by atoms with Gasteiger partial charge in [0.2, 0.25) is 0 Å². The lowest BCUT2D eigenvalue weighted by atomic mass is 10.0. The van der Waals surface area contributed by atoms with Crippen molar-refractivity contribution in [3.05, 3.63) is 52.8 Å². The Morgan fingerprint density at radius 3 is 2.87 bits per heavy atom. The van der Waals surface area contributed by atoms with Crippen LogP contribution in [0.5, 0.6) is 0 Å². The van der Waals surface area contributed by atoms with Crippen LogP contribution in [0.1, 0.15) is 22.4 Å². The van der Waals surface area contributed by atoms with Crippen LogP contribution in [0.3, 0.4) is 0 Å². The monoisotopic (exact) mass is 195 g/mol. The normalized spacial score (nSPS) is 12.4. The molecule has 2 aromatic rings. The Balaban J connectivity index is 2.33. The minimum Gasteiger partial charge on any atom is -0.261 e. The average Bonchev–Trinajstić information content (AvgIpc) is 2.57. The van der Waals surface area contributed by atoms with E-state index in [0.717, 1.165) is 12.1 Å². The third-order valence-corrected chi connectivity index (χ3v) is 3.13. The molecule has 1 nitrogen and oxygen atoms in total. The molecule has 0 saturated carbocycles. The minimum absolute atomic E-state index is 1.04. The number of hydrogen-bond acceptors (Lipinski definition) is 1. The Kier molecular flexibility index (Phi) is 1.69. The fraction of sp³-hybridized carbons (Fsp3) is 0.214. The molecular weight excluding hydrogens is 182 g/mol. The van der Waals surface area contributed by atoms with Crippen LogP contribution in [0.15, 0.2) is 30.5 Å². The smallest absolute Gasteiger partial charge is 0.0379 e. The summed E-state index contributed by atoms with van der Waals surface area (Å²) in [4.78, 5) is 4.36. The number of aryl methyl sites for hydroxylation is 2. The van der Waals surface area contributed by atoms with Crippen LogP contribution in [0.25, 0.3) is 11.1 Å². The van der Waals surface area contributed by atoms with Crippen molar-refractivity contribution in [3.8, 4) is 11.1 Å². The number of fused-ring (bicyclic) bond motifs is 3. The highest BCUT2D eigenvalue weighted by molar-refractivity contribution is 5.79. The van der Waals surface area contributed by atoms with Crippen molar-refractivity contribution in [2.75, 3.05) is 0 Å². The van der Waals surface area contributed by atoms with E-state index in [4.69, 9.17) is 0 Å². The van der Waals surface area contributed by atoms with Crippen molar-refractivity contribution in [1.82, 2.24) is 4.98 Å². The summed E-state index contributed by atoms with van der Waals surface area (Å²) < 4.78 is 0. The first-order chi connectivity index (χ1) is 7.25. The van der Waals surface area contributed by atoms with Crippen LogP contribution in [-0.4, -0.2) is 4.98 Å². The first-order valence-corrected chi connectivity index (χ1v) is 5.30. The molecule has 1 aliphatic carbocycles. The molecule has 1 aromatic carbocycles. The van der Waals surface area contributed by atoms with Gasteiger partial charge in [-0.15, -0.1) is 0 Å². The van der Waals surface area contributed by atoms with Crippen molar-refractivity contribution < 1.29 is 0 Å². The van der Waals surface area contributed by atoms with Gasteiger partial charge in [-0.2, -0.15) is 0 Å². The fourth-order valence-corrected chi connectivity index (χ4v) is 2.43. The number of rotatable bonds is 0. The molecule has 0 N–H and O–H groups in total. The molecule has 0 amide bonds. The number of hydrogen-bond donors (Lipinski definition) is 0. The van der Waals surface area contributed by atoms with E-state index in [1.54, 1.807) is 0 Å². The zero-order valence-corrected chi connectivity index (χ0v) is 9.04. The molecule has 1 aliphatic rings. The second-order valence-corrected chi connectivity index (χ2v) is 4.27. The summed E-state index contributed by atoms with van der Waals surface area (Å²) in [5, 5.41) is 0. The van der Waals surface area contributed by atoms with Gasteiger partial charge >= 0.3 is 0 Å². The number of pyridine rings is 1. The first kappa shape index (κ1) is 8.66. The predicted octanol–water partition coefficient (Wildman–Crippen LogP) is 3.27. The van der Waals surface area contributed by atoms with E-state index < -0.39 is 0 Å². The highest BCUT2D eigenvalue weighted by atomic mass is 14.7. The molecule has 74 valence electrons. The molecule has 0 unspecified atom stereocenters. The maximum Gasteiger partial charge on any atom is 0.0379 e. The van der Waals surface area contributed by atoms with E-state index >= 15 is 0 Å². The lowest BCUT2D eigenvalue weighted by molar-refractivity contribution is 1.15. The second kappa shape index (κ2) is 2.93. The van der Waals surface area contributed by atoms with Crippen molar-refractivity contribution in [1.29, 1.82) is 0 Å². The quantitative estimate of drug-likeness (QED) is 0.536. The Morgan fingerprint density at radius 2 is 2.00 bits per heavy atom.